The van der Waals surface area contributed by atoms with Crippen LogP contribution in [-0.4, -0.2) is 34.2 Å². The molecule has 1 aliphatic rings. The van der Waals surface area contributed by atoms with Crippen LogP contribution in [0.25, 0.3) is 0 Å². The van der Waals surface area contributed by atoms with Gasteiger partial charge in [-0.05, 0) is 49.2 Å². The molecule has 0 bridgehead atoms. The number of nitrogens with zero attached hydrogens (tertiary/aromatic N) is 2. The van der Waals surface area contributed by atoms with Gasteiger partial charge in [-0.3, -0.25) is 14.5 Å². The molecule has 0 aromatic heterocycles. The van der Waals surface area contributed by atoms with Gasteiger partial charge in [-0.15, -0.1) is 0 Å². The molecule has 2 aromatic rings. The number of hydrogen-bond acceptors (Lipinski definition) is 4. The topological polar surface area (TPSA) is 61.8 Å². The lowest BCUT2D eigenvalue weighted by molar-refractivity contribution is -0.128. The minimum absolute atomic E-state index is 0.112. The van der Waals surface area contributed by atoms with Gasteiger partial charge in [0.15, 0.2) is 5.17 Å². The van der Waals surface area contributed by atoms with Crippen molar-refractivity contribution in [3.05, 3.63) is 59.7 Å². The predicted octanol–water partition coefficient (Wildman–Crippen LogP) is 3.89. The first-order valence-corrected chi connectivity index (χ1v) is 9.27. The molecule has 134 valence electrons. The van der Waals surface area contributed by atoms with Crippen LogP contribution < -0.4 is 5.32 Å². The van der Waals surface area contributed by atoms with Gasteiger partial charge in [0, 0.05) is 19.2 Å². The normalized spacial score (nSPS) is 18.9. The molecule has 1 N–H and O–H groups in total. The molecule has 1 fully saturated rings. The summed E-state index contributed by atoms with van der Waals surface area (Å²) in [6.45, 7) is 4.07. The molecule has 3 rings (SSSR count). The van der Waals surface area contributed by atoms with Crippen LogP contribution in [0.3, 0.4) is 0 Å². The molecular weight excluding hydrogens is 346 g/mol. The van der Waals surface area contributed by atoms with Crippen molar-refractivity contribution in [3.63, 3.8) is 0 Å². The number of para-hydroxylation sites is 1. The number of hydrogen-bond donors (Lipinski definition) is 1. The summed E-state index contributed by atoms with van der Waals surface area (Å²) in [7, 11) is 1.69. The van der Waals surface area contributed by atoms with Crippen LogP contribution in [0.15, 0.2) is 53.5 Å². The number of anilines is 1. The van der Waals surface area contributed by atoms with Crippen LogP contribution in [0, 0.1) is 13.8 Å². The lowest BCUT2D eigenvalue weighted by atomic mass is 10.1. The van der Waals surface area contributed by atoms with Crippen molar-refractivity contribution in [2.45, 2.75) is 25.5 Å². The summed E-state index contributed by atoms with van der Waals surface area (Å²) in [5.41, 5.74) is 3.83. The van der Waals surface area contributed by atoms with E-state index in [-0.39, 0.29) is 18.2 Å². The van der Waals surface area contributed by atoms with Gasteiger partial charge in [0.1, 0.15) is 5.25 Å². The summed E-state index contributed by atoms with van der Waals surface area (Å²) in [5.74, 6) is -0.296. The van der Waals surface area contributed by atoms with E-state index in [0.29, 0.717) is 5.17 Å². The van der Waals surface area contributed by atoms with Gasteiger partial charge in [-0.2, -0.15) is 0 Å². The molecule has 26 heavy (non-hydrogen) atoms. The first-order chi connectivity index (χ1) is 12.4. The summed E-state index contributed by atoms with van der Waals surface area (Å²) in [4.78, 5) is 31.0. The standard InChI is InChI=1S/C20H21N3O2S/c1-13-9-10-16(11-14(13)2)22-20-23(3)18(24)12-17(26-20)19(25)21-15-7-5-4-6-8-15/h4-11,17H,12H2,1-3H3,(H,21,25). The molecule has 0 saturated carbocycles. The number of rotatable bonds is 3. The average molecular weight is 367 g/mol. The van der Waals surface area contributed by atoms with E-state index >= 15 is 0 Å². The van der Waals surface area contributed by atoms with Gasteiger partial charge in [-0.1, -0.05) is 36.0 Å². The molecular formula is C20H21N3O2S. The maximum Gasteiger partial charge on any atom is 0.238 e. The van der Waals surface area contributed by atoms with Crippen LogP contribution in [0.2, 0.25) is 0 Å². The third kappa shape index (κ3) is 4.14. The number of carbonyl (C=O) groups excluding carboxylic acids is 2. The van der Waals surface area contributed by atoms with Crippen molar-refractivity contribution < 1.29 is 9.59 Å². The van der Waals surface area contributed by atoms with Crippen LogP contribution in [0.1, 0.15) is 17.5 Å². The third-order valence-corrected chi connectivity index (χ3v) is 5.56. The second-order valence-corrected chi connectivity index (χ2v) is 7.45. The number of amides is 2. The van der Waals surface area contributed by atoms with E-state index in [1.807, 2.05) is 62.4 Å². The molecule has 1 heterocycles. The highest BCUT2D eigenvalue weighted by Gasteiger charge is 2.34. The average Bonchev–Trinajstić information content (AvgIpc) is 2.62. The molecule has 1 aliphatic heterocycles. The summed E-state index contributed by atoms with van der Waals surface area (Å²) in [5, 5.41) is 2.91. The van der Waals surface area contributed by atoms with Crippen molar-refractivity contribution in [2.75, 3.05) is 12.4 Å². The maximum atomic E-state index is 12.6. The first kappa shape index (κ1) is 18.2. The molecule has 2 amide bonds. The lowest BCUT2D eigenvalue weighted by Crippen LogP contribution is -2.43. The van der Waals surface area contributed by atoms with Crippen LogP contribution in [0.4, 0.5) is 11.4 Å². The summed E-state index contributed by atoms with van der Waals surface area (Å²) < 4.78 is 0. The fourth-order valence-corrected chi connectivity index (χ4v) is 3.61. The monoisotopic (exact) mass is 367 g/mol. The van der Waals surface area contributed by atoms with Gasteiger partial charge in [-0.25, -0.2) is 4.99 Å². The Bertz CT molecular complexity index is 865. The number of aryl methyl sites for hydroxylation is 2. The SMILES string of the molecule is Cc1ccc(N=C2SC(C(=O)Nc3ccccc3)CC(=O)N2C)cc1C. The fourth-order valence-electron chi connectivity index (χ4n) is 2.55. The summed E-state index contributed by atoms with van der Waals surface area (Å²) in [6.07, 6.45) is 0.159. The highest BCUT2D eigenvalue weighted by molar-refractivity contribution is 8.15. The third-order valence-electron chi connectivity index (χ3n) is 4.32. The Labute approximate surface area is 157 Å². The Morgan fingerprint density at radius 1 is 1.15 bits per heavy atom. The minimum atomic E-state index is -0.496. The number of amidine groups is 1. The molecule has 0 aliphatic carbocycles. The van der Waals surface area contributed by atoms with Gasteiger partial charge in [0.05, 0.1) is 5.69 Å². The summed E-state index contributed by atoms with van der Waals surface area (Å²) >= 11 is 1.32. The Morgan fingerprint density at radius 2 is 1.88 bits per heavy atom. The Morgan fingerprint density at radius 3 is 2.58 bits per heavy atom. The molecule has 5 nitrogen and oxygen atoms in total. The highest BCUT2D eigenvalue weighted by atomic mass is 32.2. The van der Waals surface area contributed by atoms with E-state index in [1.54, 1.807) is 7.05 Å². The Kier molecular flexibility index (Phi) is 5.42. The Hall–Kier alpha value is -2.60. The van der Waals surface area contributed by atoms with Gasteiger partial charge in [0.2, 0.25) is 11.8 Å². The Balaban J connectivity index is 1.80. The van der Waals surface area contributed by atoms with Crippen molar-refractivity contribution >= 4 is 40.1 Å². The van der Waals surface area contributed by atoms with Crippen LogP contribution in [0.5, 0.6) is 0 Å². The molecule has 0 radical (unpaired) electrons. The zero-order chi connectivity index (χ0) is 18.7. The number of nitrogens with one attached hydrogen (secondary N) is 1. The van der Waals surface area contributed by atoms with Crippen LogP contribution >= 0.6 is 11.8 Å². The molecule has 6 heteroatoms. The lowest BCUT2D eigenvalue weighted by Gasteiger charge is -2.28. The predicted molar refractivity (Wildman–Crippen MR) is 107 cm³/mol. The van der Waals surface area contributed by atoms with E-state index in [1.165, 1.54) is 22.2 Å². The number of carbonyl (C=O) groups is 2. The number of benzene rings is 2. The van der Waals surface area contributed by atoms with E-state index in [4.69, 9.17) is 0 Å². The second kappa shape index (κ2) is 7.74. The van der Waals surface area contributed by atoms with Gasteiger partial charge in [0.25, 0.3) is 0 Å². The van der Waals surface area contributed by atoms with Crippen molar-refractivity contribution in [1.29, 1.82) is 0 Å². The van der Waals surface area contributed by atoms with Crippen molar-refractivity contribution in [3.8, 4) is 0 Å². The first-order valence-electron chi connectivity index (χ1n) is 8.39. The molecule has 1 unspecified atom stereocenters. The van der Waals surface area contributed by atoms with E-state index < -0.39 is 5.25 Å². The van der Waals surface area contributed by atoms with E-state index in [9.17, 15) is 9.59 Å². The molecule has 1 atom stereocenters. The molecule has 1 saturated heterocycles. The van der Waals surface area contributed by atoms with Gasteiger partial charge >= 0.3 is 0 Å². The minimum Gasteiger partial charge on any atom is -0.325 e. The van der Waals surface area contributed by atoms with Crippen molar-refractivity contribution in [1.82, 2.24) is 4.90 Å². The van der Waals surface area contributed by atoms with Crippen molar-refractivity contribution in [2.24, 2.45) is 4.99 Å². The zero-order valence-corrected chi connectivity index (χ0v) is 15.8. The fraction of sp³-hybridized carbons (Fsp3) is 0.250. The van der Waals surface area contributed by atoms with Crippen LogP contribution in [-0.2, 0) is 9.59 Å². The quantitative estimate of drug-likeness (QED) is 0.895. The molecule has 2 aromatic carbocycles. The number of aliphatic imine (C=N–C) groups is 1. The number of thioether (sulfide) groups is 1. The zero-order valence-electron chi connectivity index (χ0n) is 15.0. The van der Waals surface area contributed by atoms with E-state index in [0.717, 1.165) is 16.9 Å². The largest absolute Gasteiger partial charge is 0.325 e. The highest BCUT2D eigenvalue weighted by Crippen LogP contribution is 2.29. The van der Waals surface area contributed by atoms with Gasteiger partial charge < -0.3 is 5.32 Å². The maximum absolute atomic E-state index is 12.6. The second-order valence-electron chi connectivity index (χ2n) is 6.28. The molecule has 0 spiro atoms. The smallest absolute Gasteiger partial charge is 0.238 e. The van der Waals surface area contributed by atoms with E-state index in [2.05, 4.69) is 10.3 Å². The summed E-state index contributed by atoms with van der Waals surface area (Å²) in [6, 6.07) is 15.1.